The fourth-order valence-electron chi connectivity index (χ4n) is 12.3. The number of para-hydroxylation sites is 3. The third-order valence-electron chi connectivity index (χ3n) is 15.7. The van der Waals surface area contributed by atoms with Crippen LogP contribution in [-0.4, -0.2) is 0 Å². The van der Waals surface area contributed by atoms with Crippen LogP contribution in [0.3, 0.4) is 0 Å². The first-order valence-electron chi connectivity index (χ1n) is 26.3. The minimum absolute atomic E-state index is 0.488. The van der Waals surface area contributed by atoms with E-state index in [1.807, 2.05) is 23.9 Å². The highest BCUT2D eigenvalue weighted by molar-refractivity contribution is 7.99. The van der Waals surface area contributed by atoms with Gasteiger partial charge in [-0.05, 0) is 170 Å². The van der Waals surface area contributed by atoms with Crippen molar-refractivity contribution in [2.45, 2.75) is 15.2 Å². The first-order chi connectivity index (χ1) is 38.2. The lowest BCUT2D eigenvalue weighted by Gasteiger charge is -2.40. The number of nitrogens with zero attached hydrogens (tertiary/aromatic N) is 2. The maximum Gasteiger partial charge on any atom is 0.135 e. The predicted octanol–water partition coefficient (Wildman–Crippen LogP) is 20.4. The predicted molar refractivity (Wildman–Crippen MR) is 321 cm³/mol. The molecule has 2 aliphatic rings. The largest absolute Gasteiger partial charge is 0.456 e. The molecule has 3 nitrogen and oxygen atoms in total. The van der Waals surface area contributed by atoms with E-state index in [-0.39, 0.29) is 0 Å². The van der Waals surface area contributed by atoms with Gasteiger partial charge in [-0.3, -0.25) is 0 Å². The Bertz CT molecular complexity index is 4270. The van der Waals surface area contributed by atoms with Crippen molar-refractivity contribution in [3.63, 3.8) is 0 Å². The Labute approximate surface area is 452 Å². The van der Waals surface area contributed by atoms with Crippen LogP contribution in [0.2, 0.25) is 0 Å². The van der Waals surface area contributed by atoms with Crippen molar-refractivity contribution in [1.82, 2.24) is 0 Å². The molecule has 77 heavy (non-hydrogen) atoms. The Hall–Kier alpha value is -9.61. The number of anilines is 6. The SMILES string of the molecule is c1ccc(-c2cc(-c3cccc4c3Sc3ccccc3C43c4ccccc4-c4ccccc43)cc(N(c3ccc(-c4ccc5oc6ccccc6c5c4)cc3)c3ccc(N(c4ccccc4)c4ccccc4)cc3)c2)cc1. The number of benzene rings is 12. The number of fused-ring (bicyclic) bond motifs is 12. The summed E-state index contributed by atoms with van der Waals surface area (Å²) in [5, 5.41) is 2.24. The summed E-state index contributed by atoms with van der Waals surface area (Å²) in [4.78, 5) is 7.30. The van der Waals surface area contributed by atoms with Crippen molar-refractivity contribution >= 4 is 67.8 Å². The molecule has 15 rings (SSSR count). The van der Waals surface area contributed by atoms with Crippen molar-refractivity contribution in [2.24, 2.45) is 0 Å². The minimum atomic E-state index is -0.488. The Morgan fingerprint density at radius 3 is 1.42 bits per heavy atom. The van der Waals surface area contributed by atoms with Gasteiger partial charge in [-0.1, -0.05) is 200 Å². The van der Waals surface area contributed by atoms with E-state index in [1.54, 1.807) is 0 Å². The summed E-state index contributed by atoms with van der Waals surface area (Å²) in [6.07, 6.45) is 0. The Balaban J connectivity index is 0.926. The molecular weight excluding hydrogens is 953 g/mol. The summed E-state index contributed by atoms with van der Waals surface area (Å²) in [6, 6.07) is 106. The highest BCUT2D eigenvalue weighted by Crippen LogP contribution is 2.63. The van der Waals surface area contributed by atoms with E-state index in [0.29, 0.717) is 0 Å². The number of hydrogen-bond acceptors (Lipinski definition) is 4. The molecule has 1 aliphatic heterocycles. The molecule has 4 heteroatoms. The van der Waals surface area contributed by atoms with Crippen LogP contribution < -0.4 is 9.80 Å². The van der Waals surface area contributed by atoms with Crippen molar-refractivity contribution in [3.05, 3.63) is 313 Å². The molecule has 0 saturated carbocycles. The third kappa shape index (κ3) is 7.36. The van der Waals surface area contributed by atoms with E-state index in [0.717, 1.165) is 83.9 Å². The second kappa shape index (κ2) is 18.3. The molecule has 0 fully saturated rings. The quantitative estimate of drug-likeness (QED) is 0.143. The Kier molecular flexibility index (Phi) is 10.7. The van der Waals surface area contributed by atoms with Gasteiger partial charge in [0.1, 0.15) is 11.2 Å². The fourth-order valence-corrected chi connectivity index (χ4v) is 13.6. The Morgan fingerprint density at radius 2 is 0.740 bits per heavy atom. The molecule has 0 unspecified atom stereocenters. The molecule has 0 saturated heterocycles. The first kappa shape index (κ1) is 44.8. The zero-order chi connectivity index (χ0) is 50.9. The third-order valence-corrected chi connectivity index (χ3v) is 16.9. The molecule has 2 heterocycles. The van der Waals surface area contributed by atoms with E-state index in [1.165, 1.54) is 48.7 Å². The van der Waals surface area contributed by atoms with E-state index in [4.69, 9.17) is 4.42 Å². The maximum absolute atomic E-state index is 6.24. The molecule has 0 N–H and O–H groups in total. The number of rotatable bonds is 9. The molecule has 1 aromatic heterocycles. The summed E-state index contributed by atoms with van der Waals surface area (Å²) in [5.41, 5.74) is 22.6. The van der Waals surface area contributed by atoms with Gasteiger partial charge in [0.05, 0.1) is 5.41 Å². The van der Waals surface area contributed by atoms with Crippen LogP contribution in [0, 0.1) is 0 Å². The zero-order valence-corrected chi connectivity index (χ0v) is 42.7. The van der Waals surface area contributed by atoms with Crippen LogP contribution in [0.25, 0.3) is 66.4 Å². The monoisotopic (exact) mass is 1000 g/mol. The van der Waals surface area contributed by atoms with Crippen molar-refractivity contribution in [1.29, 1.82) is 0 Å². The molecule has 1 aliphatic carbocycles. The molecule has 0 amide bonds. The molecular formula is C73H48N2OS. The van der Waals surface area contributed by atoms with Gasteiger partial charge in [0.2, 0.25) is 0 Å². The van der Waals surface area contributed by atoms with E-state index in [2.05, 4.69) is 289 Å². The van der Waals surface area contributed by atoms with Gasteiger partial charge in [0.25, 0.3) is 0 Å². The van der Waals surface area contributed by atoms with Crippen molar-refractivity contribution < 1.29 is 4.42 Å². The Morgan fingerprint density at radius 1 is 0.273 bits per heavy atom. The van der Waals surface area contributed by atoms with Gasteiger partial charge < -0.3 is 14.2 Å². The summed E-state index contributed by atoms with van der Waals surface area (Å²) in [5.74, 6) is 0. The molecule has 13 aromatic rings. The number of hydrogen-bond donors (Lipinski definition) is 0. The van der Waals surface area contributed by atoms with Crippen LogP contribution in [0.4, 0.5) is 34.1 Å². The summed E-state index contributed by atoms with van der Waals surface area (Å²) in [7, 11) is 0. The zero-order valence-electron chi connectivity index (χ0n) is 41.9. The summed E-state index contributed by atoms with van der Waals surface area (Å²) >= 11 is 1.90. The molecule has 12 aromatic carbocycles. The van der Waals surface area contributed by atoms with Crippen LogP contribution in [0.15, 0.2) is 305 Å². The van der Waals surface area contributed by atoms with Gasteiger partial charge in [0.15, 0.2) is 0 Å². The highest BCUT2D eigenvalue weighted by Gasteiger charge is 2.50. The topological polar surface area (TPSA) is 19.6 Å². The lowest BCUT2D eigenvalue weighted by molar-refractivity contribution is 0.669. The molecule has 0 atom stereocenters. The first-order valence-corrected chi connectivity index (χ1v) is 27.1. The average molecular weight is 1000 g/mol. The van der Waals surface area contributed by atoms with Crippen LogP contribution >= 0.6 is 11.8 Å². The summed E-state index contributed by atoms with van der Waals surface area (Å²) in [6.45, 7) is 0. The van der Waals surface area contributed by atoms with E-state index >= 15 is 0 Å². The van der Waals surface area contributed by atoms with Gasteiger partial charge in [0, 0.05) is 54.7 Å². The van der Waals surface area contributed by atoms with Crippen molar-refractivity contribution in [2.75, 3.05) is 9.80 Å². The maximum atomic E-state index is 6.24. The van der Waals surface area contributed by atoms with Gasteiger partial charge in [-0.25, -0.2) is 0 Å². The van der Waals surface area contributed by atoms with Crippen molar-refractivity contribution in [3.8, 4) is 44.5 Å². The molecule has 0 bridgehead atoms. The fraction of sp³-hybridized carbons (Fsp3) is 0.0137. The van der Waals surface area contributed by atoms with Gasteiger partial charge >= 0.3 is 0 Å². The molecule has 362 valence electrons. The van der Waals surface area contributed by atoms with Crippen LogP contribution in [0.5, 0.6) is 0 Å². The highest BCUT2D eigenvalue weighted by atomic mass is 32.2. The molecule has 1 spiro atoms. The second-order valence-corrected chi connectivity index (χ2v) is 21.0. The lowest BCUT2D eigenvalue weighted by atomic mass is 9.67. The molecule has 0 radical (unpaired) electrons. The normalized spacial score (nSPS) is 12.7. The number of furan rings is 1. The van der Waals surface area contributed by atoms with E-state index < -0.39 is 5.41 Å². The van der Waals surface area contributed by atoms with Crippen LogP contribution in [0.1, 0.15) is 22.3 Å². The smallest absolute Gasteiger partial charge is 0.135 e. The second-order valence-electron chi connectivity index (χ2n) is 20.0. The standard InChI is InChI=1S/C73H48N2OS/c1-4-19-49(20-5-1)52-45-53(60-28-18-32-68-72(60)77-71-34-17-15-31-67(71)73(68)65-29-13-10-25-61(65)62-26-11-14-30-66(62)73)47-59(46-52)75(58-42-40-57(41-43-58)74(54-21-6-2-7-22-54)55-23-8-3-9-24-55)56-38-35-50(36-39-56)51-37-44-70-64(48-51)63-27-12-16-33-69(63)76-70/h1-48H. The average Bonchev–Trinajstić information content (AvgIpc) is 4.24. The van der Waals surface area contributed by atoms with E-state index in [9.17, 15) is 0 Å². The van der Waals surface area contributed by atoms with Crippen LogP contribution in [-0.2, 0) is 5.41 Å². The van der Waals surface area contributed by atoms with Gasteiger partial charge in [-0.2, -0.15) is 0 Å². The summed E-state index contributed by atoms with van der Waals surface area (Å²) < 4.78 is 6.24. The van der Waals surface area contributed by atoms with Gasteiger partial charge in [-0.15, -0.1) is 0 Å². The minimum Gasteiger partial charge on any atom is -0.456 e. The lowest BCUT2D eigenvalue weighted by Crippen LogP contribution is -2.32.